The van der Waals surface area contributed by atoms with E-state index in [1.807, 2.05) is 36.2 Å². The molecule has 2 rings (SSSR count). The van der Waals surface area contributed by atoms with E-state index in [2.05, 4.69) is 19.2 Å². The molecule has 1 saturated heterocycles. The number of piperidine rings is 1. The molecule has 1 unspecified atom stereocenters. The molecule has 1 N–H and O–H groups in total. The van der Waals surface area contributed by atoms with Crippen molar-refractivity contribution < 1.29 is 4.79 Å². The molecule has 1 atom stereocenters. The van der Waals surface area contributed by atoms with Gasteiger partial charge < -0.3 is 10.2 Å². The molecule has 5 heteroatoms. The Kier molecular flexibility index (Phi) is 7.67. The zero-order valence-corrected chi connectivity index (χ0v) is 15.1. The first-order valence-corrected chi connectivity index (χ1v) is 8.12. The molecule has 1 aromatic rings. The van der Waals surface area contributed by atoms with Crippen molar-refractivity contribution in [3.05, 3.63) is 34.9 Å². The maximum absolute atomic E-state index is 12.9. The van der Waals surface area contributed by atoms with Crippen LogP contribution in [0, 0.1) is 5.92 Å². The van der Waals surface area contributed by atoms with Crippen molar-refractivity contribution >= 4 is 29.9 Å². The Bertz CT molecular complexity index is 485. The van der Waals surface area contributed by atoms with Crippen LogP contribution in [0.1, 0.15) is 38.2 Å². The minimum absolute atomic E-state index is 0. The number of nitrogens with one attached hydrogen (secondary N) is 1. The molecule has 1 amide bonds. The van der Waals surface area contributed by atoms with Crippen LogP contribution in [0.2, 0.25) is 5.02 Å². The molecule has 0 bridgehead atoms. The minimum Gasteiger partial charge on any atom is -0.342 e. The van der Waals surface area contributed by atoms with E-state index in [4.69, 9.17) is 11.6 Å². The van der Waals surface area contributed by atoms with E-state index in [1.165, 1.54) is 0 Å². The zero-order valence-electron chi connectivity index (χ0n) is 13.5. The maximum Gasteiger partial charge on any atom is 0.230 e. The second-order valence-corrected chi connectivity index (χ2v) is 6.60. The van der Waals surface area contributed by atoms with Gasteiger partial charge in [0.05, 0.1) is 5.92 Å². The third-order valence-corrected chi connectivity index (χ3v) is 4.59. The molecular formula is C17H26Cl2N2O. The molecular weight excluding hydrogens is 319 g/mol. The van der Waals surface area contributed by atoms with Crippen molar-refractivity contribution in [2.45, 2.75) is 38.6 Å². The third-order valence-electron chi connectivity index (χ3n) is 4.36. The van der Waals surface area contributed by atoms with Crippen LogP contribution in [0.4, 0.5) is 0 Å². The Morgan fingerprint density at radius 2 is 1.95 bits per heavy atom. The van der Waals surface area contributed by atoms with Gasteiger partial charge in [0, 0.05) is 24.2 Å². The first-order chi connectivity index (χ1) is 10.0. The van der Waals surface area contributed by atoms with E-state index in [-0.39, 0.29) is 30.2 Å². The number of nitrogens with zero attached hydrogens (tertiary/aromatic N) is 1. The van der Waals surface area contributed by atoms with Gasteiger partial charge in [0.2, 0.25) is 5.91 Å². The number of hydrogen-bond acceptors (Lipinski definition) is 2. The quantitative estimate of drug-likeness (QED) is 0.902. The van der Waals surface area contributed by atoms with Gasteiger partial charge in [-0.1, -0.05) is 37.6 Å². The Morgan fingerprint density at radius 1 is 1.32 bits per heavy atom. The van der Waals surface area contributed by atoms with Crippen molar-refractivity contribution in [1.82, 2.24) is 10.2 Å². The molecule has 0 radical (unpaired) electrons. The largest absolute Gasteiger partial charge is 0.342 e. The van der Waals surface area contributed by atoms with Crippen LogP contribution >= 0.6 is 24.0 Å². The molecule has 0 aromatic heterocycles. The van der Waals surface area contributed by atoms with Gasteiger partial charge >= 0.3 is 0 Å². The van der Waals surface area contributed by atoms with Gasteiger partial charge in [-0.2, -0.15) is 0 Å². The summed E-state index contributed by atoms with van der Waals surface area (Å²) >= 11 is 6.09. The number of halogens is 2. The van der Waals surface area contributed by atoms with E-state index in [9.17, 15) is 4.79 Å². The lowest BCUT2D eigenvalue weighted by Crippen LogP contribution is -2.46. The number of rotatable bonds is 4. The van der Waals surface area contributed by atoms with Crippen LogP contribution < -0.4 is 5.32 Å². The summed E-state index contributed by atoms with van der Waals surface area (Å²) in [4.78, 5) is 14.9. The van der Waals surface area contributed by atoms with Gasteiger partial charge in [0.15, 0.2) is 0 Å². The molecule has 124 valence electrons. The second kappa shape index (κ2) is 8.76. The van der Waals surface area contributed by atoms with Gasteiger partial charge in [-0.3, -0.25) is 4.79 Å². The number of benzene rings is 1. The second-order valence-electron chi connectivity index (χ2n) is 6.16. The smallest absolute Gasteiger partial charge is 0.230 e. The lowest BCUT2D eigenvalue weighted by molar-refractivity contribution is -0.135. The van der Waals surface area contributed by atoms with Gasteiger partial charge in [0.25, 0.3) is 0 Å². The Labute approximate surface area is 144 Å². The molecule has 1 aromatic carbocycles. The Hall–Kier alpha value is -0.770. The molecule has 3 nitrogen and oxygen atoms in total. The summed E-state index contributed by atoms with van der Waals surface area (Å²) in [7, 11) is 1.99. The fraction of sp³-hybridized carbons (Fsp3) is 0.588. The lowest BCUT2D eigenvalue weighted by atomic mass is 9.86. The zero-order chi connectivity index (χ0) is 15.4. The van der Waals surface area contributed by atoms with Crippen LogP contribution in [-0.2, 0) is 4.79 Å². The van der Waals surface area contributed by atoms with E-state index < -0.39 is 0 Å². The summed E-state index contributed by atoms with van der Waals surface area (Å²) in [5.41, 5.74) is 1.03. The lowest BCUT2D eigenvalue weighted by Gasteiger charge is -2.35. The highest BCUT2D eigenvalue weighted by Gasteiger charge is 2.30. The van der Waals surface area contributed by atoms with Crippen molar-refractivity contribution in [2.75, 3.05) is 20.1 Å². The maximum atomic E-state index is 12.9. The van der Waals surface area contributed by atoms with E-state index in [0.717, 1.165) is 31.5 Å². The molecule has 1 fully saturated rings. The molecule has 1 aliphatic heterocycles. The molecule has 0 aliphatic carbocycles. The molecule has 1 aliphatic rings. The number of carbonyl (C=O) groups excluding carboxylic acids is 1. The highest BCUT2D eigenvalue weighted by atomic mass is 35.5. The average molecular weight is 345 g/mol. The highest BCUT2D eigenvalue weighted by Crippen LogP contribution is 2.29. The molecule has 22 heavy (non-hydrogen) atoms. The topological polar surface area (TPSA) is 32.3 Å². The first-order valence-electron chi connectivity index (χ1n) is 7.74. The number of hydrogen-bond donors (Lipinski definition) is 1. The van der Waals surface area contributed by atoms with Crippen molar-refractivity contribution in [2.24, 2.45) is 5.92 Å². The summed E-state index contributed by atoms with van der Waals surface area (Å²) in [6.07, 6.45) is 2.06. The predicted octanol–water partition coefficient (Wildman–Crippen LogP) is 3.71. The summed E-state index contributed by atoms with van der Waals surface area (Å²) < 4.78 is 0. The van der Waals surface area contributed by atoms with Crippen LogP contribution in [0.5, 0.6) is 0 Å². The van der Waals surface area contributed by atoms with Gasteiger partial charge in [0.1, 0.15) is 0 Å². The van der Waals surface area contributed by atoms with Crippen molar-refractivity contribution in [3.63, 3.8) is 0 Å². The fourth-order valence-corrected chi connectivity index (χ4v) is 3.30. The monoisotopic (exact) mass is 344 g/mol. The van der Waals surface area contributed by atoms with Crippen LogP contribution in [0.15, 0.2) is 24.3 Å². The van der Waals surface area contributed by atoms with Crippen molar-refractivity contribution in [1.29, 1.82) is 0 Å². The average Bonchev–Trinajstić information content (AvgIpc) is 2.47. The Balaban J connectivity index is 0.00000242. The van der Waals surface area contributed by atoms with Crippen LogP contribution in [-0.4, -0.2) is 37.0 Å². The summed E-state index contributed by atoms with van der Waals surface area (Å²) in [6.45, 7) is 5.88. The Morgan fingerprint density at radius 3 is 2.45 bits per heavy atom. The number of likely N-dealkylation sites (tertiary alicyclic amines) is 1. The van der Waals surface area contributed by atoms with E-state index in [0.29, 0.717) is 11.1 Å². The molecule has 0 saturated carbocycles. The number of carbonyl (C=O) groups is 1. The molecule has 1 heterocycles. The summed E-state index contributed by atoms with van der Waals surface area (Å²) in [6, 6.07) is 8.25. The van der Waals surface area contributed by atoms with Crippen molar-refractivity contribution in [3.8, 4) is 0 Å². The van der Waals surface area contributed by atoms with E-state index >= 15 is 0 Å². The standard InChI is InChI=1S/C17H25ClN2O.ClH/c1-12(2)16(13-5-4-6-14(18)11-13)17(21)20-9-7-15(19-3)8-10-20;/h4-6,11-12,15-16,19H,7-10H2,1-3H3;1H. The normalized spacial score (nSPS) is 17.2. The van der Waals surface area contributed by atoms with Gasteiger partial charge in [-0.25, -0.2) is 0 Å². The summed E-state index contributed by atoms with van der Waals surface area (Å²) in [5, 5.41) is 3.99. The van der Waals surface area contributed by atoms with Gasteiger partial charge in [-0.15, -0.1) is 12.4 Å². The summed E-state index contributed by atoms with van der Waals surface area (Å²) in [5.74, 6) is 0.398. The minimum atomic E-state index is -0.102. The highest BCUT2D eigenvalue weighted by molar-refractivity contribution is 6.30. The predicted molar refractivity (Wildman–Crippen MR) is 94.9 cm³/mol. The van der Waals surface area contributed by atoms with Gasteiger partial charge in [-0.05, 0) is 43.5 Å². The van der Waals surface area contributed by atoms with E-state index in [1.54, 1.807) is 0 Å². The van der Waals surface area contributed by atoms with Crippen LogP contribution in [0.25, 0.3) is 0 Å². The fourth-order valence-electron chi connectivity index (χ4n) is 3.10. The third kappa shape index (κ3) is 4.61. The van der Waals surface area contributed by atoms with Crippen LogP contribution in [0.3, 0.4) is 0 Å². The number of amides is 1. The first kappa shape index (κ1) is 19.3. The molecule has 0 spiro atoms. The SMILES string of the molecule is CNC1CCN(C(=O)C(c2cccc(Cl)c2)C(C)C)CC1.Cl.